The summed E-state index contributed by atoms with van der Waals surface area (Å²) in [7, 11) is 0. The van der Waals surface area contributed by atoms with Gasteiger partial charge in [0.25, 0.3) is 0 Å². The number of hydrogen-bond acceptors (Lipinski definition) is 4. The van der Waals surface area contributed by atoms with Crippen molar-refractivity contribution >= 4 is 17.1 Å². The second-order valence-electron chi connectivity index (χ2n) is 5.65. The summed E-state index contributed by atoms with van der Waals surface area (Å²) in [5, 5.41) is 28.6. The average Bonchev–Trinajstić information content (AvgIpc) is 2.73. The van der Waals surface area contributed by atoms with Crippen LogP contribution < -0.4 is 10.4 Å². The SMILES string of the molecule is N#Cc1cc(C#N)c([N+](N)(c2ccccc2)c2ccccc2)c(C#N)c1. The summed E-state index contributed by atoms with van der Waals surface area (Å²) >= 11 is 0. The summed E-state index contributed by atoms with van der Waals surface area (Å²) in [6.45, 7) is 0. The molecule has 3 aromatic rings. The maximum absolute atomic E-state index is 9.68. The van der Waals surface area contributed by atoms with Crippen LogP contribution in [-0.2, 0) is 0 Å². The summed E-state index contributed by atoms with van der Waals surface area (Å²) in [5.41, 5.74) is 2.35. The van der Waals surface area contributed by atoms with Crippen LogP contribution in [0.1, 0.15) is 16.7 Å². The van der Waals surface area contributed by atoms with E-state index in [2.05, 4.69) is 12.1 Å². The van der Waals surface area contributed by atoms with Crippen molar-refractivity contribution in [2.75, 3.05) is 0 Å². The molecule has 2 N–H and O–H groups in total. The van der Waals surface area contributed by atoms with Crippen LogP contribution in [0.25, 0.3) is 0 Å². The lowest BCUT2D eigenvalue weighted by Crippen LogP contribution is -2.47. The Labute approximate surface area is 151 Å². The minimum Gasteiger partial charge on any atom is -0.192 e. The number of rotatable bonds is 3. The number of nitrogens with two attached hydrogens (primary N) is 1. The van der Waals surface area contributed by atoms with Gasteiger partial charge in [-0.05, 0) is 12.1 Å². The minimum atomic E-state index is -0.348. The molecule has 122 valence electrons. The third-order valence-corrected chi connectivity index (χ3v) is 4.16. The van der Waals surface area contributed by atoms with Gasteiger partial charge in [0.15, 0.2) is 17.1 Å². The highest BCUT2D eigenvalue weighted by molar-refractivity contribution is 5.78. The fraction of sp³-hybridized carbons (Fsp3) is 0. The molecule has 0 radical (unpaired) electrons. The highest BCUT2D eigenvalue weighted by atomic mass is 15.6. The van der Waals surface area contributed by atoms with Crippen molar-refractivity contribution in [3.05, 3.63) is 89.5 Å². The van der Waals surface area contributed by atoms with Crippen molar-refractivity contribution in [2.45, 2.75) is 0 Å². The van der Waals surface area contributed by atoms with Crippen molar-refractivity contribution in [1.29, 1.82) is 15.8 Å². The lowest BCUT2D eigenvalue weighted by atomic mass is 10.0. The first-order chi connectivity index (χ1) is 12.6. The zero-order valence-electron chi connectivity index (χ0n) is 13.8. The average molecular weight is 336 g/mol. The number of quaternary nitrogens is 1. The molecule has 0 unspecified atom stereocenters. The van der Waals surface area contributed by atoms with Crippen molar-refractivity contribution in [2.24, 2.45) is 5.84 Å². The molecular weight excluding hydrogens is 322 g/mol. The molecule has 0 aliphatic heterocycles. The van der Waals surface area contributed by atoms with Crippen LogP contribution in [0.3, 0.4) is 0 Å². The molecule has 5 heteroatoms. The largest absolute Gasteiger partial charge is 0.198 e. The van der Waals surface area contributed by atoms with E-state index in [1.807, 2.05) is 66.7 Å². The van der Waals surface area contributed by atoms with Gasteiger partial charge in [-0.2, -0.15) is 26.2 Å². The molecule has 0 heterocycles. The maximum Gasteiger partial charge on any atom is 0.198 e. The van der Waals surface area contributed by atoms with Crippen LogP contribution in [0, 0.1) is 34.0 Å². The van der Waals surface area contributed by atoms with Crippen LogP contribution in [-0.4, -0.2) is 0 Å². The maximum atomic E-state index is 9.68. The topological polar surface area (TPSA) is 97.4 Å². The summed E-state index contributed by atoms with van der Waals surface area (Å²) in [6, 6.07) is 27.6. The van der Waals surface area contributed by atoms with Crippen molar-refractivity contribution in [3.63, 3.8) is 0 Å². The van der Waals surface area contributed by atoms with E-state index in [4.69, 9.17) is 5.84 Å². The van der Waals surface area contributed by atoms with Gasteiger partial charge >= 0.3 is 0 Å². The highest BCUT2D eigenvalue weighted by Gasteiger charge is 2.38. The Kier molecular flexibility index (Phi) is 4.48. The lowest BCUT2D eigenvalue weighted by Gasteiger charge is -2.32. The van der Waals surface area contributed by atoms with Crippen LogP contribution >= 0.6 is 0 Å². The molecule has 0 spiro atoms. The molecule has 0 amide bonds. The second-order valence-corrected chi connectivity index (χ2v) is 5.65. The Bertz CT molecular complexity index is 993. The Hall–Kier alpha value is -3.95. The predicted molar refractivity (Wildman–Crippen MR) is 98.8 cm³/mol. The molecule has 0 aromatic heterocycles. The van der Waals surface area contributed by atoms with Gasteiger partial charge in [-0.3, -0.25) is 0 Å². The van der Waals surface area contributed by atoms with E-state index in [9.17, 15) is 15.8 Å². The normalized spacial score (nSPS) is 10.4. The molecule has 0 atom stereocenters. The van der Waals surface area contributed by atoms with E-state index in [1.54, 1.807) is 0 Å². The standard InChI is InChI=1S/C21H14N5/c22-13-16-11-17(14-23)21(18(12-16)15-24)26(25,19-7-3-1-4-8-19)20-9-5-2-6-10-20/h1-12H,25H2/q+1. The third kappa shape index (κ3) is 2.69. The van der Waals surface area contributed by atoms with E-state index in [0.717, 1.165) is 0 Å². The number of nitrogens with zero attached hydrogens (tertiary/aromatic N) is 4. The Morgan fingerprint density at radius 2 is 1.08 bits per heavy atom. The summed E-state index contributed by atoms with van der Waals surface area (Å²) < 4.78 is -0.348. The second kappa shape index (κ2) is 6.89. The first-order valence-electron chi connectivity index (χ1n) is 7.83. The van der Waals surface area contributed by atoms with Gasteiger partial charge in [-0.1, -0.05) is 36.4 Å². The van der Waals surface area contributed by atoms with Gasteiger partial charge in [0.05, 0.1) is 11.6 Å². The molecule has 0 bridgehead atoms. The molecule has 0 aliphatic carbocycles. The van der Waals surface area contributed by atoms with E-state index >= 15 is 0 Å². The molecule has 0 saturated heterocycles. The third-order valence-electron chi connectivity index (χ3n) is 4.16. The number of hydrogen-bond donors (Lipinski definition) is 1. The Morgan fingerprint density at radius 3 is 1.42 bits per heavy atom. The number of benzene rings is 3. The summed E-state index contributed by atoms with van der Waals surface area (Å²) in [5.74, 6) is 6.86. The van der Waals surface area contributed by atoms with E-state index in [0.29, 0.717) is 17.1 Å². The fourth-order valence-electron chi connectivity index (χ4n) is 2.98. The van der Waals surface area contributed by atoms with Gasteiger partial charge in [-0.25, -0.2) is 0 Å². The monoisotopic (exact) mass is 336 g/mol. The molecular formula is C21H14N5+. The summed E-state index contributed by atoms with van der Waals surface area (Å²) in [6.07, 6.45) is 0. The van der Waals surface area contributed by atoms with Gasteiger partial charge < -0.3 is 0 Å². The van der Waals surface area contributed by atoms with Crippen LogP contribution in [0.15, 0.2) is 72.8 Å². The Morgan fingerprint density at radius 1 is 0.654 bits per heavy atom. The molecule has 0 aliphatic rings. The van der Waals surface area contributed by atoms with E-state index < -0.39 is 0 Å². The number of nitriles is 3. The zero-order chi connectivity index (χ0) is 18.6. The first kappa shape index (κ1) is 16.9. The zero-order valence-corrected chi connectivity index (χ0v) is 13.8. The molecule has 0 saturated carbocycles. The Balaban J connectivity index is 2.45. The van der Waals surface area contributed by atoms with Crippen LogP contribution in [0.5, 0.6) is 0 Å². The van der Waals surface area contributed by atoms with Gasteiger partial charge in [0.2, 0.25) is 0 Å². The minimum absolute atomic E-state index is 0.191. The van der Waals surface area contributed by atoms with Crippen LogP contribution in [0.2, 0.25) is 0 Å². The quantitative estimate of drug-likeness (QED) is 0.441. The first-order valence-corrected chi connectivity index (χ1v) is 7.83. The fourth-order valence-corrected chi connectivity index (χ4v) is 2.98. The van der Waals surface area contributed by atoms with Crippen molar-refractivity contribution in [3.8, 4) is 18.2 Å². The molecule has 3 rings (SSSR count). The van der Waals surface area contributed by atoms with Crippen LogP contribution in [0.4, 0.5) is 17.1 Å². The van der Waals surface area contributed by atoms with Crippen molar-refractivity contribution in [1.82, 2.24) is 4.59 Å². The highest BCUT2D eigenvalue weighted by Crippen LogP contribution is 2.43. The van der Waals surface area contributed by atoms with E-state index in [-0.39, 0.29) is 21.3 Å². The van der Waals surface area contributed by atoms with Gasteiger partial charge in [-0.15, -0.1) is 0 Å². The molecule has 26 heavy (non-hydrogen) atoms. The van der Waals surface area contributed by atoms with Gasteiger partial charge in [0, 0.05) is 24.3 Å². The smallest absolute Gasteiger partial charge is 0.192 e. The van der Waals surface area contributed by atoms with Crippen molar-refractivity contribution < 1.29 is 0 Å². The van der Waals surface area contributed by atoms with Gasteiger partial charge in [0.1, 0.15) is 23.3 Å². The molecule has 3 aromatic carbocycles. The number of para-hydroxylation sites is 2. The molecule has 5 nitrogen and oxygen atoms in total. The predicted octanol–water partition coefficient (Wildman–Crippen LogP) is 4.15. The summed E-state index contributed by atoms with van der Waals surface area (Å²) in [4.78, 5) is 0. The van der Waals surface area contributed by atoms with E-state index in [1.165, 1.54) is 12.1 Å². The lowest BCUT2D eigenvalue weighted by molar-refractivity contribution is 0.546. The molecule has 0 fully saturated rings.